The molecule has 1 unspecified atom stereocenters. The molecule has 0 saturated carbocycles. The molecule has 0 aliphatic carbocycles. The van der Waals surface area contributed by atoms with E-state index in [2.05, 4.69) is 5.92 Å². The molecule has 0 bridgehead atoms. The van der Waals surface area contributed by atoms with Crippen LogP contribution in [0.25, 0.3) is 0 Å². The summed E-state index contributed by atoms with van der Waals surface area (Å²) in [6.45, 7) is 1.81. The Kier molecular flexibility index (Phi) is 4.73. The molecule has 0 spiro atoms. The molecule has 0 fully saturated rings. The van der Waals surface area contributed by atoms with E-state index in [0.29, 0.717) is 0 Å². The van der Waals surface area contributed by atoms with Crippen molar-refractivity contribution in [2.24, 2.45) is 5.92 Å². The van der Waals surface area contributed by atoms with Gasteiger partial charge >= 0.3 is 0 Å². The van der Waals surface area contributed by atoms with Crippen LogP contribution in [-0.2, 0) is 9.47 Å². The van der Waals surface area contributed by atoms with E-state index in [1.54, 1.807) is 13.0 Å². The zero-order valence-corrected chi connectivity index (χ0v) is 6.42. The third-order valence-electron chi connectivity index (χ3n) is 1.17. The van der Waals surface area contributed by atoms with Crippen molar-refractivity contribution >= 4 is 0 Å². The van der Waals surface area contributed by atoms with Crippen molar-refractivity contribution in [2.75, 3.05) is 14.2 Å². The fourth-order valence-electron chi connectivity index (χ4n) is 0.674. The third-order valence-corrected chi connectivity index (χ3v) is 1.17. The average Bonchev–Trinajstić information content (AvgIpc) is 1.91. The second-order valence-electron chi connectivity index (χ2n) is 1.88. The number of aliphatic hydroxyl groups is 1. The molecular formula is C7H12O3. The van der Waals surface area contributed by atoms with E-state index >= 15 is 0 Å². The molecule has 1 atom stereocenters. The van der Waals surface area contributed by atoms with E-state index < -0.39 is 0 Å². The zero-order chi connectivity index (χ0) is 7.98. The van der Waals surface area contributed by atoms with Gasteiger partial charge in [-0.05, 0) is 6.92 Å². The second kappa shape index (κ2) is 5.10. The SMILES string of the molecule is COC(OC)C(C)C#CO. The molecule has 10 heavy (non-hydrogen) atoms. The summed E-state index contributed by atoms with van der Waals surface area (Å²) in [5.41, 5.74) is 0. The van der Waals surface area contributed by atoms with Gasteiger partial charge < -0.3 is 14.6 Å². The van der Waals surface area contributed by atoms with Crippen molar-refractivity contribution in [2.45, 2.75) is 13.2 Å². The van der Waals surface area contributed by atoms with Crippen LogP contribution in [0, 0.1) is 17.9 Å². The summed E-state index contributed by atoms with van der Waals surface area (Å²) < 4.78 is 9.76. The number of methoxy groups -OCH3 is 2. The molecule has 0 heterocycles. The van der Waals surface area contributed by atoms with Gasteiger partial charge in [0.05, 0.1) is 5.92 Å². The Morgan fingerprint density at radius 1 is 1.30 bits per heavy atom. The number of ether oxygens (including phenoxy) is 2. The van der Waals surface area contributed by atoms with Crippen molar-refractivity contribution in [3.63, 3.8) is 0 Å². The van der Waals surface area contributed by atoms with Gasteiger partial charge in [0.1, 0.15) is 6.11 Å². The van der Waals surface area contributed by atoms with Crippen molar-refractivity contribution in [3.8, 4) is 12.0 Å². The second-order valence-corrected chi connectivity index (χ2v) is 1.88. The lowest BCUT2D eigenvalue weighted by molar-refractivity contribution is -0.120. The minimum atomic E-state index is -0.361. The molecule has 0 rings (SSSR count). The lowest BCUT2D eigenvalue weighted by Crippen LogP contribution is -2.20. The summed E-state index contributed by atoms with van der Waals surface area (Å²) in [5.74, 6) is 2.39. The summed E-state index contributed by atoms with van der Waals surface area (Å²) in [7, 11) is 3.06. The first-order chi connectivity index (χ1) is 4.76. The Labute approximate surface area is 60.9 Å². The van der Waals surface area contributed by atoms with Crippen LogP contribution in [0.5, 0.6) is 0 Å². The lowest BCUT2D eigenvalue weighted by atomic mass is 10.2. The van der Waals surface area contributed by atoms with Crippen LogP contribution in [0.3, 0.4) is 0 Å². The maximum absolute atomic E-state index is 8.20. The van der Waals surface area contributed by atoms with E-state index in [9.17, 15) is 0 Å². The van der Waals surface area contributed by atoms with Crippen molar-refractivity contribution in [1.29, 1.82) is 0 Å². The smallest absolute Gasteiger partial charge is 0.170 e. The summed E-state index contributed by atoms with van der Waals surface area (Å²) >= 11 is 0. The molecule has 58 valence electrons. The Morgan fingerprint density at radius 2 is 1.80 bits per heavy atom. The monoisotopic (exact) mass is 144 g/mol. The molecule has 0 aromatic heterocycles. The Hall–Kier alpha value is -0.720. The first-order valence-electron chi connectivity index (χ1n) is 2.96. The zero-order valence-electron chi connectivity index (χ0n) is 6.42. The number of hydrogen-bond acceptors (Lipinski definition) is 3. The Bertz CT molecular complexity index is 130. The maximum Gasteiger partial charge on any atom is 0.170 e. The summed E-state index contributed by atoms with van der Waals surface area (Å²) in [4.78, 5) is 0. The molecule has 0 aromatic carbocycles. The topological polar surface area (TPSA) is 38.7 Å². The molecule has 0 aliphatic rings. The van der Waals surface area contributed by atoms with E-state index in [4.69, 9.17) is 14.6 Å². The van der Waals surface area contributed by atoms with E-state index in [0.717, 1.165) is 0 Å². The number of aliphatic hydroxyl groups excluding tert-OH is 1. The molecule has 0 aliphatic heterocycles. The summed E-state index contributed by atoms with van der Waals surface area (Å²) in [6.07, 6.45) is 1.45. The predicted octanol–water partition coefficient (Wildman–Crippen LogP) is 0.575. The van der Waals surface area contributed by atoms with Gasteiger partial charge in [0.15, 0.2) is 6.29 Å². The van der Waals surface area contributed by atoms with Crippen LogP contribution in [0.4, 0.5) is 0 Å². The molecule has 0 amide bonds. The molecule has 3 heteroatoms. The fraction of sp³-hybridized carbons (Fsp3) is 0.714. The van der Waals surface area contributed by atoms with E-state index in [-0.39, 0.29) is 12.2 Å². The van der Waals surface area contributed by atoms with Gasteiger partial charge in [0.2, 0.25) is 0 Å². The van der Waals surface area contributed by atoms with Crippen LogP contribution in [0.2, 0.25) is 0 Å². The molecular weight excluding hydrogens is 132 g/mol. The normalized spacial score (nSPS) is 12.4. The highest BCUT2D eigenvalue weighted by atomic mass is 16.7. The molecule has 1 N–H and O–H groups in total. The predicted molar refractivity (Wildman–Crippen MR) is 36.7 cm³/mol. The van der Waals surface area contributed by atoms with Crippen LogP contribution < -0.4 is 0 Å². The van der Waals surface area contributed by atoms with Gasteiger partial charge in [0, 0.05) is 14.2 Å². The van der Waals surface area contributed by atoms with Gasteiger partial charge in [-0.3, -0.25) is 0 Å². The maximum atomic E-state index is 8.20. The van der Waals surface area contributed by atoms with Gasteiger partial charge in [-0.25, -0.2) is 0 Å². The van der Waals surface area contributed by atoms with Gasteiger partial charge in [0.25, 0.3) is 0 Å². The highest BCUT2D eigenvalue weighted by Gasteiger charge is 2.12. The third kappa shape index (κ3) is 2.72. The van der Waals surface area contributed by atoms with E-state index in [1.807, 2.05) is 0 Å². The van der Waals surface area contributed by atoms with Gasteiger partial charge in [-0.2, -0.15) is 0 Å². The fourth-order valence-corrected chi connectivity index (χ4v) is 0.674. The summed E-state index contributed by atoms with van der Waals surface area (Å²) in [6, 6.07) is 0. The average molecular weight is 144 g/mol. The Morgan fingerprint density at radius 3 is 2.10 bits per heavy atom. The van der Waals surface area contributed by atoms with Crippen LogP contribution in [0.1, 0.15) is 6.92 Å². The molecule has 0 aromatic rings. The molecule has 0 saturated heterocycles. The minimum Gasteiger partial charge on any atom is -0.462 e. The number of rotatable bonds is 3. The first kappa shape index (κ1) is 9.28. The Balaban J connectivity index is 3.83. The van der Waals surface area contributed by atoms with E-state index in [1.165, 1.54) is 14.2 Å². The summed E-state index contributed by atoms with van der Waals surface area (Å²) in [5, 5.41) is 8.20. The van der Waals surface area contributed by atoms with Crippen LogP contribution in [-0.4, -0.2) is 25.6 Å². The highest BCUT2D eigenvalue weighted by molar-refractivity contribution is 4.96. The largest absolute Gasteiger partial charge is 0.462 e. The molecule has 0 radical (unpaired) electrons. The van der Waals surface area contributed by atoms with Gasteiger partial charge in [-0.15, -0.1) is 0 Å². The van der Waals surface area contributed by atoms with Crippen LogP contribution in [0.15, 0.2) is 0 Å². The first-order valence-corrected chi connectivity index (χ1v) is 2.96. The van der Waals surface area contributed by atoms with Crippen molar-refractivity contribution in [3.05, 3.63) is 0 Å². The van der Waals surface area contributed by atoms with Gasteiger partial charge in [-0.1, -0.05) is 5.92 Å². The lowest BCUT2D eigenvalue weighted by Gasteiger charge is -2.15. The van der Waals surface area contributed by atoms with Crippen molar-refractivity contribution < 1.29 is 14.6 Å². The van der Waals surface area contributed by atoms with Crippen LogP contribution >= 0.6 is 0 Å². The van der Waals surface area contributed by atoms with Crippen molar-refractivity contribution in [1.82, 2.24) is 0 Å². The number of hydrogen-bond donors (Lipinski definition) is 1. The standard InChI is InChI=1S/C7H12O3/c1-6(4-5-8)7(9-2)10-3/h6-8H,1-3H3. The molecule has 3 nitrogen and oxygen atoms in total. The highest BCUT2D eigenvalue weighted by Crippen LogP contribution is 2.04. The minimum absolute atomic E-state index is 0.111. The quantitative estimate of drug-likeness (QED) is 0.465.